The zero-order valence-electron chi connectivity index (χ0n) is 13.1. The number of hydrogen-bond donors (Lipinski definition) is 1. The van der Waals surface area contributed by atoms with Gasteiger partial charge in [-0.1, -0.05) is 55.4 Å². The second-order valence-electron chi connectivity index (χ2n) is 5.31. The van der Waals surface area contributed by atoms with E-state index in [0.717, 1.165) is 19.4 Å². The third-order valence-corrected chi connectivity index (χ3v) is 4.62. The Balaban J connectivity index is 2.07. The van der Waals surface area contributed by atoms with Crippen molar-refractivity contribution in [1.82, 2.24) is 5.32 Å². The van der Waals surface area contributed by atoms with Crippen LogP contribution >= 0.6 is 11.8 Å². The van der Waals surface area contributed by atoms with Gasteiger partial charge in [0.15, 0.2) is 0 Å². The minimum atomic E-state index is 1.08. The molecule has 2 aromatic carbocycles. The van der Waals surface area contributed by atoms with Crippen LogP contribution in [0.1, 0.15) is 30.9 Å². The van der Waals surface area contributed by atoms with Crippen LogP contribution in [0, 0.1) is 0 Å². The van der Waals surface area contributed by atoms with Crippen LogP contribution in [-0.2, 0) is 12.8 Å². The van der Waals surface area contributed by atoms with Crippen LogP contribution in [-0.4, -0.2) is 13.6 Å². The minimum Gasteiger partial charge on any atom is -0.320 e. The summed E-state index contributed by atoms with van der Waals surface area (Å²) in [6.07, 6.45) is 4.69. The van der Waals surface area contributed by atoms with Crippen molar-refractivity contribution in [2.45, 2.75) is 42.4 Å². The van der Waals surface area contributed by atoms with Gasteiger partial charge in [0.25, 0.3) is 0 Å². The molecule has 0 fully saturated rings. The Morgan fingerprint density at radius 3 is 2.67 bits per heavy atom. The van der Waals surface area contributed by atoms with Gasteiger partial charge in [0.1, 0.15) is 0 Å². The van der Waals surface area contributed by atoms with Gasteiger partial charge in [0.05, 0.1) is 0 Å². The first-order valence-electron chi connectivity index (χ1n) is 7.82. The first-order valence-corrected chi connectivity index (χ1v) is 8.64. The lowest BCUT2D eigenvalue weighted by atomic mass is 10.1. The average molecular weight is 299 g/mol. The van der Waals surface area contributed by atoms with E-state index < -0.39 is 0 Å². The summed E-state index contributed by atoms with van der Waals surface area (Å²) in [6, 6.07) is 17.7. The number of nitrogens with one attached hydrogen (secondary N) is 1. The zero-order valence-corrected chi connectivity index (χ0v) is 13.9. The minimum absolute atomic E-state index is 1.08. The topological polar surface area (TPSA) is 12.0 Å². The van der Waals surface area contributed by atoms with E-state index in [1.807, 2.05) is 18.8 Å². The van der Waals surface area contributed by atoms with Gasteiger partial charge in [-0.25, -0.2) is 0 Å². The van der Waals surface area contributed by atoms with E-state index >= 15 is 0 Å². The molecule has 1 N–H and O–H groups in total. The number of rotatable bonds is 8. The molecule has 0 aliphatic carbocycles. The first kappa shape index (κ1) is 16.1. The Hall–Kier alpha value is -1.25. The molecule has 1 nitrogen and oxygen atoms in total. The number of benzene rings is 2. The van der Waals surface area contributed by atoms with Gasteiger partial charge in [-0.3, -0.25) is 0 Å². The van der Waals surface area contributed by atoms with Gasteiger partial charge < -0.3 is 5.32 Å². The molecule has 0 saturated carbocycles. The van der Waals surface area contributed by atoms with Gasteiger partial charge >= 0.3 is 0 Å². The predicted molar refractivity (Wildman–Crippen MR) is 93.2 cm³/mol. The average Bonchev–Trinajstić information content (AvgIpc) is 2.50. The highest BCUT2D eigenvalue weighted by molar-refractivity contribution is 7.99. The Bertz CT molecular complexity index is 551. The second-order valence-corrected chi connectivity index (χ2v) is 6.43. The van der Waals surface area contributed by atoms with Crippen molar-refractivity contribution in [2.24, 2.45) is 0 Å². The largest absolute Gasteiger partial charge is 0.320 e. The van der Waals surface area contributed by atoms with E-state index in [0.29, 0.717) is 0 Å². The lowest BCUT2D eigenvalue weighted by Gasteiger charge is -2.09. The van der Waals surface area contributed by atoms with Gasteiger partial charge in [-0.15, -0.1) is 0 Å². The Morgan fingerprint density at radius 1 is 1.00 bits per heavy atom. The lowest BCUT2D eigenvalue weighted by molar-refractivity contribution is 0.724. The fraction of sp³-hybridized carbons (Fsp3) is 0.368. The molecule has 21 heavy (non-hydrogen) atoms. The van der Waals surface area contributed by atoms with Crippen LogP contribution in [0.3, 0.4) is 0 Å². The molecule has 2 aromatic rings. The molecule has 0 bridgehead atoms. The SMILES string of the molecule is CCCc1ccccc1Sc1cccc(CCCNC)c1. The summed E-state index contributed by atoms with van der Waals surface area (Å²) in [5.41, 5.74) is 2.90. The number of aryl methyl sites for hydroxylation is 2. The van der Waals surface area contributed by atoms with Crippen molar-refractivity contribution >= 4 is 11.8 Å². The summed E-state index contributed by atoms with van der Waals surface area (Å²) < 4.78 is 0. The molecule has 0 radical (unpaired) electrons. The fourth-order valence-electron chi connectivity index (χ4n) is 2.44. The van der Waals surface area contributed by atoms with Crippen molar-refractivity contribution < 1.29 is 0 Å². The van der Waals surface area contributed by atoms with Gasteiger partial charge in [0.2, 0.25) is 0 Å². The summed E-state index contributed by atoms with van der Waals surface area (Å²) in [6.45, 7) is 3.32. The fourth-order valence-corrected chi connectivity index (χ4v) is 3.50. The Labute approximate surface area is 133 Å². The van der Waals surface area contributed by atoms with Gasteiger partial charge in [-0.05, 0) is 62.2 Å². The highest BCUT2D eigenvalue weighted by Crippen LogP contribution is 2.31. The molecule has 0 heterocycles. The zero-order chi connectivity index (χ0) is 14.9. The van der Waals surface area contributed by atoms with Crippen LogP contribution in [0.4, 0.5) is 0 Å². The molecule has 0 aliphatic heterocycles. The molecular formula is C19H25NS. The third-order valence-electron chi connectivity index (χ3n) is 3.51. The quantitative estimate of drug-likeness (QED) is 0.693. The summed E-state index contributed by atoms with van der Waals surface area (Å²) in [5, 5.41) is 3.21. The first-order chi connectivity index (χ1) is 10.3. The van der Waals surface area contributed by atoms with E-state index in [1.165, 1.54) is 33.8 Å². The smallest absolute Gasteiger partial charge is 0.0154 e. The van der Waals surface area contributed by atoms with Crippen LogP contribution in [0.5, 0.6) is 0 Å². The maximum Gasteiger partial charge on any atom is 0.0154 e. The summed E-state index contributed by atoms with van der Waals surface area (Å²) in [5.74, 6) is 0. The molecule has 0 aliphatic rings. The molecular weight excluding hydrogens is 274 g/mol. The maximum absolute atomic E-state index is 3.21. The van der Waals surface area contributed by atoms with Crippen molar-refractivity contribution in [1.29, 1.82) is 0 Å². The van der Waals surface area contributed by atoms with Crippen LogP contribution in [0.15, 0.2) is 58.3 Å². The van der Waals surface area contributed by atoms with E-state index in [-0.39, 0.29) is 0 Å². The predicted octanol–water partition coefficient (Wildman–Crippen LogP) is 4.94. The molecule has 0 aromatic heterocycles. The lowest BCUT2D eigenvalue weighted by Crippen LogP contribution is -2.08. The molecule has 0 spiro atoms. The Kier molecular flexibility index (Phi) is 6.84. The molecule has 0 amide bonds. The van der Waals surface area contributed by atoms with Crippen molar-refractivity contribution in [3.63, 3.8) is 0 Å². The maximum atomic E-state index is 3.21. The van der Waals surface area contributed by atoms with Crippen LogP contribution in [0.25, 0.3) is 0 Å². The normalized spacial score (nSPS) is 10.8. The van der Waals surface area contributed by atoms with Gasteiger partial charge in [-0.2, -0.15) is 0 Å². The molecule has 0 atom stereocenters. The van der Waals surface area contributed by atoms with Crippen LogP contribution < -0.4 is 5.32 Å². The second kappa shape index (κ2) is 8.91. The van der Waals surface area contributed by atoms with E-state index in [4.69, 9.17) is 0 Å². The van der Waals surface area contributed by atoms with Gasteiger partial charge in [0, 0.05) is 9.79 Å². The summed E-state index contributed by atoms with van der Waals surface area (Å²) in [7, 11) is 2.01. The highest BCUT2D eigenvalue weighted by atomic mass is 32.2. The van der Waals surface area contributed by atoms with E-state index in [9.17, 15) is 0 Å². The molecule has 112 valence electrons. The third kappa shape index (κ3) is 5.22. The van der Waals surface area contributed by atoms with Crippen molar-refractivity contribution in [2.75, 3.05) is 13.6 Å². The molecule has 0 saturated heterocycles. The van der Waals surface area contributed by atoms with E-state index in [1.54, 1.807) is 0 Å². The summed E-state index contributed by atoms with van der Waals surface area (Å²) >= 11 is 1.89. The number of hydrogen-bond acceptors (Lipinski definition) is 2. The molecule has 2 rings (SSSR count). The van der Waals surface area contributed by atoms with Crippen molar-refractivity contribution in [3.8, 4) is 0 Å². The summed E-state index contributed by atoms with van der Waals surface area (Å²) in [4.78, 5) is 2.74. The van der Waals surface area contributed by atoms with Crippen molar-refractivity contribution in [3.05, 3.63) is 59.7 Å². The molecule has 0 unspecified atom stereocenters. The highest BCUT2D eigenvalue weighted by Gasteiger charge is 2.04. The van der Waals surface area contributed by atoms with Crippen LogP contribution in [0.2, 0.25) is 0 Å². The standard InChI is InChI=1S/C19H25NS/c1-3-8-17-11-4-5-13-19(17)21-18-12-6-9-16(15-18)10-7-14-20-2/h4-6,9,11-13,15,20H,3,7-8,10,14H2,1-2H3. The monoisotopic (exact) mass is 299 g/mol. The van der Waals surface area contributed by atoms with E-state index in [2.05, 4.69) is 60.8 Å². The Morgan fingerprint density at radius 2 is 1.86 bits per heavy atom. The molecule has 2 heteroatoms.